The summed E-state index contributed by atoms with van der Waals surface area (Å²) in [5.41, 5.74) is 1.30. The zero-order valence-corrected chi connectivity index (χ0v) is 12.9. The van der Waals surface area contributed by atoms with Gasteiger partial charge in [-0.25, -0.2) is 0 Å². The van der Waals surface area contributed by atoms with Crippen LogP contribution in [0.2, 0.25) is 0 Å². The number of methoxy groups -OCH3 is 1. The molecule has 0 aromatic heterocycles. The molecule has 3 heteroatoms. The Labute approximate surface area is 126 Å². The lowest BCUT2D eigenvalue weighted by atomic mass is 10.0. The van der Waals surface area contributed by atoms with Crippen LogP contribution in [0.4, 0.5) is 0 Å². The summed E-state index contributed by atoms with van der Waals surface area (Å²) in [6, 6.07) is 13.1. The summed E-state index contributed by atoms with van der Waals surface area (Å²) in [4.78, 5) is 0. The molecule has 2 aromatic rings. The Morgan fingerprint density at radius 3 is 2.57 bits per heavy atom. The molecule has 0 saturated carbocycles. The number of fused-ring (bicyclic) bond motifs is 1. The fourth-order valence-corrected chi connectivity index (χ4v) is 2.49. The van der Waals surface area contributed by atoms with Crippen molar-refractivity contribution in [1.29, 1.82) is 0 Å². The highest BCUT2D eigenvalue weighted by Gasteiger charge is 2.06. The molecule has 114 valence electrons. The molecule has 0 bridgehead atoms. The van der Waals surface area contributed by atoms with Crippen LogP contribution in [0.15, 0.2) is 36.4 Å². The van der Waals surface area contributed by atoms with E-state index in [9.17, 15) is 0 Å². The lowest BCUT2D eigenvalue weighted by Crippen LogP contribution is -2.19. The molecule has 2 N–H and O–H groups in total. The van der Waals surface area contributed by atoms with Gasteiger partial charge in [0.05, 0.1) is 7.11 Å². The number of hydrogen-bond acceptors (Lipinski definition) is 3. The van der Waals surface area contributed by atoms with E-state index < -0.39 is 0 Å². The average Bonchev–Trinajstić information content (AvgIpc) is 2.53. The minimum absolute atomic E-state index is 0.295. The maximum atomic E-state index is 8.76. The lowest BCUT2D eigenvalue weighted by molar-refractivity contribution is 0.282. The van der Waals surface area contributed by atoms with Gasteiger partial charge in [0, 0.05) is 12.6 Å². The van der Waals surface area contributed by atoms with E-state index >= 15 is 0 Å². The first-order valence-electron chi connectivity index (χ1n) is 7.66. The monoisotopic (exact) mass is 287 g/mol. The van der Waals surface area contributed by atoms with Gasteiger partial charge in [0.25, 0.3) is 0 Å². The summed E-state index contributed by atoms with van der Waals surface area (Å²) in [7, 11) is 1.69. The zero-order chi connectivity index (χ0) is 15.1. The van der Waals surface area contributed by atoms with Crippen LogP contribution in [-0.2, 0) is 0 Å². The number of aliphatic hydroxyl groups is 1. The Hall–Kier alpha value is -1.58. The van der Waals surface area contributed by atoms with E-state index in [1.807, 2.05) is 6.07 Å². The number of unbranched alkanes of at least 4 members (excludes halogenated alkanes) is 2. The van der Waals surface area contributed by atoms with Gasteiger partial charge in [0.2, 0.25) is 0 Å². The van der Waals surface area contributed by atoms with Gasteiger partial charge in [0.15, 0.2) is 0 Å². The molecule has 0 fully saturated rings. The Bertz CT molecular complexity index is 568. The molecule has 0 aliphatic carbocycles. The molecule has 1 unspecified atom stereocenters. The van der Waals surface area contributed by atoms with E-state index in [1.165, 1.54) is 16.3 Å². The Balaban J connectivity index is 1.98. The minimum Gasteiger partial charge on any atom is -0.497 e. The fraction of sp³-hybridized carbons (Fsp3) is 0.444. The third kappa shape index (κ3) is 4.45. The van der Waals surface area contributed by atoms with Crippen molar-refractivity contribution < 1.29 is 9.84 Å². The third-order valence-corrected chi connectivity index (χ3v) is 3.86. The molecule has 2 rings (SSSR count). The molecule has 0 amide bonds. The summed E-state index contributed by atoms with van der Waals surface area (Å²) in [6.07, 6.45) is 3.08. The van der Waals surface area contributed by atoms with Crippen LogP contribution in [0.1, 0.15) is 37.8 Å². The fourth-order valence-electron chi connectivity index (χ4n) is 2.49. The Morgan fingerprint density at radius 1 is 1.05 bits per heavy atom. The zero-order valence-electron chi connectivity index (χ0n) is 12.9. The predicted molar refractivity (Wildman–Crippen MR) is 87.9 cm³/mol. The van der Waals surface area contributed by atoms with Crippen molar-refractivity contribution in [3.8, 4) is 5.75 Å². The lowest BCUT2D eigenvalue weighted by Gasteiger charge is -2.15. The molecule has 0 saturated heterocycles. The number of aliphatic hydroxyl groups excluding tert-OH is 1. The van der Waals surface area contributed by atoms with Crippen LogP contribution in [0.3, 0.4) is 0 Å². The normalized spacial score (nSPS) is 12.5. The van der Waals surface area contributed by atoms with E-state index in [1.54, 1.807) is 7.11 Å². The quantitative estimate of drug-likeness (QED) is 0.728. The molecular weight excluding hydrogens is 262 g/mol. The Morgan fingerprint density at radius 2 is 1.81 bits per heavy atom. The Kier molecular flexibility index (Phi) is 6.03. The van der Waals surface area contributed by atoms with Crippen molar-refractivity contribution in [1.82, 2.24) is 5.32 Å². The molecule has 2 aromatic carbocycles. The van der Waals surface area contributed by atoms with Gasteiger partial charge < -0.3 is 15.2 Å². The first-order valence-corrected chi connectivity index (χ1v) is 7.66. The van der Waals surface area contributed by atoms with E-state index in [4.69, 9.17) is 9.84 Å². The van der Waals surface area contributed by atoms with Crippen molar-refractivity contribution in [2.75, 3.05) is 20.3 Å². The molecule has 0 spiro atoms. The maximum absolute atomic E-state index is 8.76. The SMILES string of the molecule is COc1ccc2cc(C(C)NCCCCCO)ccc2c1. The number of benzene rings is 2. The summed E-state index contributed by atoms with van der Waals surface area (Å²) in [5.74, 6) is 0.894. The summed E-state index contributed by atoms with van der Waals surface area (Å²) in [6.45, 7) is 3.47. The standard InChI is InChI=1S/C18H25NO2/c1-14(19-10-4-3-5-11-20)15-6-7-17-13-18(21-2)9-8-16(17)12-15/h6-9,12-14,19-20H,3-5,10-11H2,1-2H3. The first-order chi connectivity index (χ1) is 10.2. The first kappa shape index (κ1) is 15.8. The highest BCUT2D eigenvalue weighted by atomic mass is 16.5. The maximum Gasteiger partial charge on any atom is 0.119 e. The summed E-state index contributed by atoms with van der Waals surface area (Å²) < 4.78 is 5.26. The molecule has 0 radical (unpaired) electrons. The highest BCUT2D eigenvalue weighted by Crippen LogP contribution is 2.24. The highest BCUT2D eigenvalue weighted by molar-refractivity contribution is 5.84. The largest absolute Gasteiger partial charge is 0.497 e. The van der Waals surface area contributed by atoms with Gasteiger partial charge in [-0.1, -0.05) is 18.2 Å². The third-order valence-electron chi connectivity index (χ3n) is 3.86. The van der Waals surface area contributed by atoms with E-state index in [2.05, 4.69) is 42.6 Å². The van der Waals surface area contributed by atoms with Crippen molar-refractivity contribution in [2.24, 2.45) is 0 Å². The van der Waals surface area contributed by atoms with Gasteiger partial charge in [-0.2, -0.15) is 0 Å². The predicted octanol–water partition coefficient (Wildman–Crippen LogP) is 3.66. The number of hydrogen-bond donors (Lipinski definition) is 2. The second-order valence-corrected chi connectivity index (χ2v) is 5.43. The molecule has 21 heavy (non-hydrogen) atoms. The van der Waals surface area contributed by atoms with Crippen molar-refractivity contribution in [2.45, 2.75) is 32.2 Å². The number of ether oxygens (including phenoxy) is 1. The topological polar surface area (TPSA) is 41.5 Å². The van der Waals surface area contributed by atoms with Gasteiger partial charge in [-0.3, -0.25) is 0 Å². The van der Waals surface area contributed by atoms with Crippen LogP contribution in [0.5, 0.6) is 5.75 Å². The average molecular weight is 287 g/mol. The van der Waals surface area contributed by atoms with Crippen LogP contribution < -0.4 is 10.1 Å². The minimum atomic E-state index is 0.295. The van der Waals surface area contributed by atoms with E-state index in [0.29, 0.717) is 12.6 Å². The molecule has 1 atom stereocenters. The number of rotatable bonds is 8. The van der Waals surface area contributed by atoms with Crippen LogP contribution >= 0.6 is 0 Å². The van der Waals surface area contributed by atoms with Gasteiger partial charge in [-0.05, 0) is 67.3 Å². The molecule has 0 aliphatic heterocycles. The summed E-state index contributed by atoms with van der Waals surface area (Å²) in [5, 5.41) is 14.7. The molecule has 3 nitrogen and oxygen atoms in total. The molecule has 0 heterocycles. The van der Waals surface area contributed by atoms with Gasteiger partial charge in [-0.15, -0.1) is 0 Å². The second kappa shape index (κ2) is 8.01. The van der Waals surface area contributed by atoms with Crippen molar-refractivity contribution >= 4 is 10.8 Å². The van der Waals surface area contributed by atoms with Crippen LogP contribution in [0.25, 0.3) is 10.8 Å². The van der Waals surface area contributed by atoms with Gasteiger partial charge in [0.1, 0.15) is 5.75 Å². The van der Waals surface area contributed by atoms with Crippen molar-refractivity contribution in [3.05, 3.63) is 42.0 Å². The van der Waals surface area contributed by atoms with E-state index in [-0.39, 0.29) is 0 Å². The second-order valence-electron chi connectivity index (χ2n) is 5.43. The van der Waals surface area contributed by atoms with Crippen molar-refractivity contribution in [3.63, 3.8) is 0 Å². The van der Waals surface area contributed by atoms with E-state index in [0.717, 1.165) is 31.6 Å². The van der Waals surface area contributed by atoms with Crippen LogP contribution in [-0.4, -0.2) is 25.4 Å². The number of nitrogens with one attached hydrogen (secondary N) is 1. The van der Waals surface area contributed by atoms with Crippen LogP contribution in [0, 0.1) is 0 Å². The smallest absolute Gasteiger partial charge is 0.119 e. The van der Waals surface area contributed by atoms with Gasteiger partial charge >= 0.3 is 0 Å². The molecule has 0 aliphatic rings. The summed E-state index contributed by atoms with van der Waals surface area (Å²) >= 11 is 0. The molecular formula is C18H25NO2.